The third-order valence-electron chi connectivity index (χ3n) is 4.19. The van der Waals surface area contributed by atoms with Gasteiger partial charge in [0.05, 0.1) is 19.0 Å². The second-order valence-corrected chi connectivity index (χ2v) is 6.42. The van der Waals surface area contributed by atoms with Crippen LogP contribution in [0.4, 0.5) is 0 Å². The molecule has 0 radical (unpaired) electrons. The molecule has 140 valence electrons. The van der Waals surface area contributed by atoms with Gasteiger partial charge >= 0.3 is 0 Å². The van der Waals surface area contributed by atoms with Gasteiger partial charge in [0.15, 0.2) is 0 Å². The molecule has 25 heavy (non-hydrogen) atoms. The van der Waals surface area contributed by atoms with Crippen LogP contribution in [0.3, 0.4) is 0 Å². The summed E-state index contributed by atoms with van der Waals surface area (Å²) < 4.78 is 11.6. The summed E-state index contributed by atoms with van der Waals surface area (Å²) in [4.78, 5) is 0. The van der Waals surface area contributed by atoms with E-state index in [0.29, 0.717) is 0 Å². The van der Waals surface area contributed by atoms with Crippen molar-refractivity contribution in [1.82, 2.24) is 0 Å². The fraction of sp³-hybridized carbons (Fsp3) is 0.565. The molecule has 0 bridgehead atoms. The molecule has 1 aromatic rings. The van der Waals surface area contributed by atoms with Gasteiger partial charge in [-0.05, 0) is 67.9 Å². The number of rotatable bonds is 14. The molecule has 1 rings (SSSR count). The van der Waals surface area contributed by atoms with E-state index in [0.717, 1.165) is 63.2 Å². The first-order chi connectivity index (χ1) is 12.2. The Hall–Kier alpha value is -1.70. The summed E-state index contributed by atoms with van der Waals surface area (Å²) in [5.74, 6) is 2.09. The summed E-state index contributed by atoms with van der Waals surface area (Å²) in [5.41, 5.74) is 2.43. The number of hydrogen-bond donors (Lipinski definition) is 0. The Balaban J connectivity index is 2.10. The van der Waals surface area contributed by atoms with Crippen LogP contribution in [-0.4, -0.2) is 13.2 Å². The van der Waals surface area contributed by atoms with E-state index in [4.69, 9.17) is 9.47 Å². The highest BCUT2D eigenvalue weighted by Crippen LogP contribution is 2.21. The average molecular weight is 345 g/mol. The van der Waals surface area contributed by atoms with Crippen molar-refractivity contribution in [3.8, 4) is 5.75 Å². The molecule has 2 nitrogen and oxygen atoms in total. The fourth-order valence-electron chi connectivity index (χ4n) is 2.72. The maximum Gasteiger partial charge on any atom is 0.119 e. The Kier molecular flexibility index (Phi) is 11.6. The van der Waals surface area contributed by atoms with E-state index < -0.39 is 0 Å². The van der Waals surface area contributed by atoms with E-state index in [-0.39, 0.29) is 0 Å². The number of ether oxygens (including phenoxy) is 2. The maximum absolute atomic E-state index is 5.82. The monoisotopic (exact) mass is 344 g/mol. The van der Waals surface area contributed by atoms with Gasteiger partial charge in [-0.1, -0.05) is 45.9 Å². The van der Waals surface area contributed by atoms with Crippen LogP contribution in [0.1, 0.15) is 77.7 Å². The third-order valence-corrected chi connectivity index (χ3v) is 4.19. The van der Waals surface area contributed by atoms with E-state index >= 15 is 0 Å². The predicted octanol–water partition coefficient (Wildman–Crippen LogP) is 7.16. The summed E-state index contributed by atoms with van der Waals surface area (Å²) in [7, 11) is 0. The highest BCUT2D eigenvalue weighted by molar-refractivity contribution is 5.63. The van der Waals surface area contributed by atoms with Crippen LogP contribution in [0.2, 0.25) is 0 Å². The number of unbranched alkanes of at least 4 members (excludes halogenated alkanes) is 3. The molecule has 0 amide bonds. The van der Waals surface area contributed by atoms with Gasteiger partial charge in [-0.25, -0.2) is 0 Å². The van der Waals surface area contributed by atoms with Gasteiger partial charge in [-0.2, -0.15) is 0 Å². The summed E-state index contributed by atoms with van der Waals surface area (Å²) in [6.07, 6.45) is 11.0. The van der Waals surface area contributed by atoms with E-state index in [1.807, 2.05) is 0 Å². The van der Waals surface area contributed by atoms with E-state index in [1.54, 1.807) is 0 Å². The molecule has 0 aliphatic carbocycles. The molecule has 0 saturated heterocycles. The first-order valence-electron chi connectivity index (χ1n) is 9.94. The minimum atomic E-state index is 0.784. The fourth-order valence-corrected chi connectivity index (χ4v) is 2.72. The van der Waals surface area contributed by atoms with Gasteiger partial charge in [0.25, 0.3) is 0 Å². The summed E-state index contributed by atoms with van der Waals surface area (Å²) in [6, 6.07) is 8.33. The molecule has 0 saturated carbocycles. The Bertz CT molecular complexity index is 499. The van der Waals surface area contributed by atoms with Crippen LogP contribution in [0.25, 0.3) is 5.57 Å². The van der Waals surface area contributed by atoms with Crippen molar-refractivity contribution in [2.45, 2.75) is 72.1 Å². The SMILES string of the molecule is C=C(CCC)c1ccc(OCCCCCCO/C(=C\CC)CC)cc1. The molecule has 0 N–H and O–H groups in total. The van der Waals surface area contributed by atoms with Crippen LogP contribution in [0.15, 0.2) is 42.7 Å². The lowest BCUT2D eigenvalue weighted by atomic mass is 10.0. The first-order valence-corrected chi connectivity index (χ1v) is 9.94. The van der Waals surface area contributed by atoms with Crippen LogP contribution < -0.4 is 4.74 Å². The van der Waals surface area contributed by atoms with Gasteiger partial charge in [0.2, 0.25) is 0 Å². The van der Waals surface area contributed by atoms with Gasteiger partial charge < -0.3 is 9.47 Å². The highest BCUT2D eigenvalue weighted by atomic mass is 16.5. The summed E-state index contributed by atoms with van der Waals surface area (Å²) in [6.45, 7) is 12.2. The molecule has 0 atom stereocenters. The number of benzene rings is 1. The molecule has 0 heterocycles. The topological polar surface area (TPSA) is 18.5 Å². The van der Waals surface area contributed by atoms with Crippen molar-refractivity contribution in [1.29, 1.82) is 0 Å². The predicted molar refractivity (Wildman–Crippen MR) is 109 cm³/mol. The summed E-state index contributed by atoms with van der Waals surface area (Å²) in [5, 5.41) is 0. The minimum absolute atomic E-state index is 0.784. The molecule has 2 heteroatoms. The van der Waals surface area contributed by atoms with Crippen molar-refractivity contribution < 1.29 is 9.47 Å². The van der Waals surface area contributed by atoms with Gasteiger partial charge in [0, 0.05) is 6.42 Å². The number of hydrogen-bond acceptors (Lipinski definition) is 2. The maximum atomic E-state index is 5.82. The van der Waals surface area contributed by atoms with Crippen molar-refractivity contribution in [3.63, 3.8) is 0 Å². The molecule has 0 aliphatic heterocycles. The molecular weight excluding hydrogens is 308 g/mol. The minimum Gasteiger partial charge on any atom is -0.498 e. The lowest BCUT2D eigenvalue weighted by Gasteiger charge is -2.09. The van der Waals surface area contributed by atoms with Crippen LogP contribution >= 0.6 is 0 Å². The largest absolute Gasteiger partial charge is 0.498 e. The van der Waals surface area contributed by atoms with E-state index in [9.17, 15) is 0 Å². The zero-order valence-electron chi connectivity index (χ0n) is 16.5. The molecular formula is C23H36O2. The third kappa shape index (κ3) is 9.38. The first kappa shape index (κ1) is 21.3. The highest BCUT2D eigenvalue weighted by Gasteiger charge is 2.00. The lowest BCUT2D eigenvalue weighted by Crippen LogP contribution is -1.99. The number of allylic oxidation sites excluding steroid dienone is 3. The van der Waals surface area contributed by atoms with Crippen molar-refractivity contribution in [2.75, 3.05) is 13.2 Å². The van der Waals surface area contributed by atoms with Gasteiger partial charge in [-0.15, -0.1) is 0 Å². The van der Waals surface area contributed by atoms with Crippen molar-refractivity contribution in [3.05, 3.63) is 48.2 Å². The van der Waals surface area contributed by atoms with Gasteiger partial charge in [0.1, 0.15) is 5.75 Å². The molecule has 0 spiro atoms. The molecule has 1 aromatic carbocycles. The van der Waals surface area contributed by atoms with Crippen LogP contribution in [0.5, 0.6) is 5.75 Å². The average Bonchev–Trinajstić information content (AvgIpc) is 2.63. The standard InChI is InChI=1S/C23H36O2/c1-5-12-20(4)21-14-16-23(17-15-21)25-19-11-9-8-10-18-24-22(7-3)13-6-2/h13-17H,4-12,18-19H2,1-3H3/b22-13-. The molecule has 0 aliphatic rings. The zero-order chi connectivity index (χ0) is 18.3. The van der Waals surface area contributed by atoms with E-state index in [2.05, 4.69) is 57.7 Å². The Labute approximate surface area is 154 Å². The smallest absolute Gasteiger partial charge is 0.119 e. The molecule has 0 unspecified atom stereocenters. The Morgan fingerprint density at radius 2 is 1.64 bits per heavy atom. The second kappa shape index (κ2) is 13.6. The quantitative estimate of drug-likeness (QED) is 0.263. The Morgan fingerprint density at radius 3 is 2.24 bits per heavy atom. The molecule has 0 aromatic heterocycles. The Morgan fingerprint density at radius 1 is 0.960 bits per heavy atom. The second-order valence-electron chi connectivity index (χ2n) is 6.42. The van der Waals surface area contributed by atoms with E-state index in [1.165, 1.54) is 24.0 Å². The van der Waals surface area contributed by atoms with Crippen LogP contribution in [-0.2, 0) is 4.74 Å². The van der Waals surface area contributed by atoms with Gasteiger partial charge in [-0.3, -0.25) is 0 Å². The van der Waals surface area contributed by atoms with Crippen molar-refractivity contribution >= 4 is 5.57 Å². The summed E-state index contributed by atoms with van der Waals surface area (Å²) >= 11 is 0. The van der Waals surface area contributed by atoms with Crippen LogP contribution in [0, 0.1) is 0 Å². The normalized spacial score (nSPS) is 11.4. The lowest BCUT2D eigenvalue weighted by molar-refractivity contribution is 0.195. The molecule has 0 fully saturated rings. The van der Waals surface area contributed by atoms with Crippen molar-refractivity contribution in [2.24, 2.45) is 0 Å². The zero-order valence-corrected chi connectivity index (χ0v) is 16.5.